The predicted octanol–water partition coefficient (Wildman–Crippen LogP) is 4.78. The smallest absolute Gasteiger partial charge is 0.309 e. The maximum atomic E-state index is 13.4. The Labute approximate surface area is 237 Å². The lowest BCUT2D eigenvalue weighted by atomic mass is 9.94. The molecule has 0 spiro atoms. The van der Waals surface area contributed by atoms with Crippen LogP contribution < -0.4 is 5.32 Å². The van der Waals surface area contributed by atoms with Crippen LogP contribution in [-0.2, 0) is 25.5 Å². The van der Waals surface area contributed by atoms with Gasteiger partial charge in [-0.25, -0.2) is 0 Å². The van der Waals surface area contributed by atoms with Crippen LogP contribution in [0.25, 0.3) is 0 Å². The molecule has 40 heavy (non-hydrogen) atoms. The van der Waals surface area contributed by atoms with Gasteiger partial charge in [-0.1, -0.05) is 72.8 Å². The lowest BCUT2D eigenvalue weighted by Crippen LogP contribution is -2.42. The molecule has 1 saturated heterocycles. The van der Waals surface area contributed by atoms with E-state index in [1.54, 1.807) is 17.1 Å². The molecular formula is C33H42N2O5. The van der Waals surface area contributed by atoms with E-state index in [1.807, 2.05) is 60.7 Å². The highest BCUT2D eigenvalue weighted by molar-refractivity contribution is 5.86. The molecule has 7 nitrogen and oxygen atoms in total. The van der Waals surface area contributed by atoms with Gasteiger partial charge in [-0.05, 0) is 49.7 Å². The van der Waals surface area contributed by atoms with Crippen molar-refractivity contribution in [3.05, 3.63) is 97.1 Å². The number of nitrogens with one attached hydrogen (secondary N) is 1. The molecule has 1 aliphatic heterocycles. The molecule has 2 amide bonds. The molecule has 7 heteroatoms. The highest BCUT2D eigenvalue weighted by Gasteiger charge is 2.32. The summed E-state index contributed by atoms with van der Waals surface area (Å²) in [6.07, 6.45) is 7.26. The summed E-state index contributed by atoms with van der Waals surface area (Å²) in [4.78, 5) is 41.3. The first-order chi connectivity index (χ1) is 19.5. The molecule has 0 saturated carbocycles. The zero-order valence-corrected chi connectivity index (χ0v) is 23.3. The number of hydrogen-bond acceptors (Lipinski definition) is 5. The molecule has 0 aliphatic carbocycles. The molecule has 0 unspecified atom stereocenters. The lowest BCUT2D eigenvalue weighted by molar-refractivity contribution is -0.150. The summed E-state index contributed by atoms with van der Waals surface area (Å²) in [5.74, 6) is -1.72. The van der Waals surface area contributed by atoms with E-state index in [0.717, 1.165) is 24.0 Å². The number of likely N-dealkylation sites (tertiary alicyclic amines) is 1. The van der Waals surface area contributed by atoms with E-state index in [0.29, 0.717) is 32.2 Å². The summed E-state index contributed by atoms with van der Waals surface area (Å²) in [7, 11) is 0. The van der Waals surface area contributed by atoms with Crippen LogP contribution in [0.3, 0.4) is 0 Å². The van der Waals surface area contributed by atoms with Crippen molar-refractivity contribution in [2.24, 2.45) is 11.8 Å². The van der Waals surface area contributed by atoms with Crippen LogP contribution in [0.1, 0.15) is 55.7 Å². The standard InChI is InChI=1S/C33H42N2O5/c1-3-5-16-28(21-25-14-8-6-9-15-25)33(39)40-24-30(26-17-10-7-11-18-26)34-32(38)27(13-4-2)22-31(37)35-20-12-19-29(35)23-36/h3-4,6-11,14-15,17-18,27-30,36H,1-2,5,12-13,16,19-24H2,(H,34,38)/t27-,28-,29+,30+/m1/s1. The molecule has 4 atom stereocenters. The number of hydrogen-bond donors (Lipinski definition) is 2. The summed E-state index contributed by atoms with van der Waals surface area (Å²) in [5.41, 5.74) is 1.86. The summed E-state index contributed by atoms with van der Waals surface area (Å²) in [6, 6.07) is 18.4. The number of aliphatic hydroxyl groups excluding tert-OH is 1. The minimum atomic E-state index is -0.620. The van der Waals surface area contributed by atoms with Crippen molar-refractivity contribution in [3.8, 4) is 0 Å². The van der Waals surface area contributed by atoms with E-state index in [-0.39, 0.29) is 49.4 Å². The molecule has 2 aromatic rings. The largest absolute Gasteiger partial charge is 0.463 e. The summed E-state index contributed by atoms with van der Waals surface area (Å²) in [6.45, 7) is 8.04. The maximum absolute atomic E-state index is 13.4. The van der Waals surface area contributed by atoms with Crippen molar-refractivity contribution in [2.45, 2.75) is 57.0 Å². The van der Waals surface area contributed by atoms with Gasteiger partial charge in [0, 0.05) is 13.0 Å². The molecule has 214 valence electrons. The van der Waals surface area contributed by atoms with Gasteiger partial charge in [-0.3, -0.25) is 14.4 Å². The van der Waals surface area contributed by atoms with Gasteiger partial charge in [0.15, 0.2) is 0 Å². The monoisotopic (exact) mass is 546 g/mol. The number of benzene rings is 2. The first-order valence-electron chi connectivity index (χ1n) is 14.1. The number of esters is 1. The van der Waals surface area contributed by atoms with Crippen molar-refractivity contribution in [1.29, 1.82) is 0 Å². The fourth-order valence-corrected chi connectivity index (χ4v) is 5.17. The Balaban J connectivity index is 1.69. The molecule has 2 N–H and O–H groups in total. The fraction of sp³-hybridized carbons (Fsp3) is 0.424. The highest BCUT2D eigenvalue weighted by atomic mass is 16.5. The van der Waals surface area contributed by atoms with Crippen LogP contribution >= 0.6 is 0 Å². The van der Waals surface area contributed by atoms with Crippen LogP contribution in [0, 0.1) is 11.8 Å². The first kappa shape index (κ1) is 30.8. The Bertz CT molecular complexity index is 1100. The number of ether oxygens (including phenoxy) is 1. The van der Waals surface area contributed by atoms with Crippen molar-refractivity contribution in [1.82, 2.24) is 10.2 Å². The number of nitrogens with zero attached hydrogens (tertiary/aromatic N) is 1. The average molecular weight is 547 g/mol. The molecule has 1 heterocycles. The molecule has 1 fully saturated rings. The van der Waals surface area contributed by atoms with E-state index in [9.17, 15) is 19.5 Å². The second kappa shape index (κ2) is 16.4. The van der Waals surface area contributed by atoms with Crippen molar-refractivity contribution in [2.75, 3.05) is 19.8 Å². The van der Waals surface area contributed by atoms with Gasteiger partial charge in [0.05, 0.1) is 30.5 Å². The molecule has 0 bridgehead atoms. The Kier molecular flexibility index (Phi) is 12.6. The maximum Gasteiger partial charge on any atom is 0.309 e. The second-order valence-corrected chi connectivity index (χ2v) is 10.3. The lowest BCUT2D eigenvalue weighted by Gasteiger charge is -2.27. The predicted molar refractivity (Wildman–Crippen MR) is 156 cm³/mol. The molecule has 0 radical (unpaired) electrons. The third-order valence-electron chi connectivity index (χ3n) is 7.44. The third kappa shape index (κ3) is 9.19. The van der Waals surface area contributed by atoms with Crippen LogP contribution in [0.15, 0.2) is 86.0 Å². The number of carbonyl (C=O) groups is 3. The first-order valence-corrected chi connectivity index (χ1v) is 14.1. The number of aliphatic hydroxyl groups is 1. The topological polar surface area (TPSA) is 95.9 Å². The molecular weight excluding hydrogens is 504 g/mol. The SMILES string of the molecule is C=CCC[C@H](Cc1ccccc1)C(=O)OC[C@H](NC(=O)[C@H](CC=C)CC(=O)N1CCC[C@H]1CO)c1ccccc1. The van der Waals surface area contributed by atoms with E-state index in [4.69, 9.17) is 4.74 Å². The quantitative estimate of drug-likeness (QED) is 0.233. The van der Waals surface area contributed by atoms with Crippen molar-refractivity contribution < 1.29 is 24.2 Å². The summed E-state index contributed by atoms with van der Waals surface area (Å²) >= 11 is 0. The van der Waals surface area contributed by atoms with Gasteiger partial charge in [-0.2, -0.15) is 0 Å². The van der Waals surface area contributed by atoms with Gasteiger partial charge in [0.1, 0.15) is 6.61 Å². The summed E-state index contributed by atoms with van der Waals surface area (Å²) < 4.78 is 5.81. The van der Waals surface area contributed by atoms with Crippen LogP contribution in [0.4, 0.5) is 0 Å². The van der Waals surface area contributed by atoms with E-state index in [1.165, 1.54) is 0 Å². The minimum Gasteiger partial charge on any atom is -0.463 e. The molecule has 2 aromatic carbocycles. The number of rotatable bonds is 16. The minimum absolute atomic E-state index is 0.0242. The number of allylic oxidation sites excluding steroid dienone is 2. The van der Waals surface area contributed by atoms with Crippen LogP contribution in [0.5, 0.6) is 0 Å². The van der Waals surface area contributed by atoms with Gasteiger partial charge >= 0.3 is 5.97 Å². The van der Waals surface area contributed by atoms with E-state index >= 15 is 0 Å². The van der Waals surface area contributed by atoms with Gasteiger partial charge in [0.2, 0.25) is 11.8 Å². The zero-order chi connectivity index (χ0) is 28.7. The molecule has 3 rings (SSSR count). The Morgan fingerprint density at radius 1 is 1.02 bits per heavy atom. The Hall–Kier alpha value is -3.71. The van der Waals surface area contributed by atoms with E-state index in [2.05, 4.69) is 18.5 Å². The van der Waals surface area contributed by atoms with Gasteiger partial charge in [0.25, 0.3) is 0 Å². The fourth-order valence-electron chi connectivity index (χ4n) is 5.17. The average Bonchev–Trinajstić information content (AvgIpc) is 3.47. The zero-order valence-electron chi connectivity index (χ0n) is 23.3. The Morgan fingerprint density at radius 3 is 2.38 bits per heavy atom. The molecule has 1 aliphatic rings. The second-order valence-electron chi connectivity index (χ2n) is 10.3. The summed E-state index contributed by atoms with van der Waals surface area (Å²) in [5, 5.41) is 12.6. The number of amides is 2. The van der Waals surface area contributed by atoms with Gasteiger partial charge < -0.3 is 20.1 Å². The van der Waals surface area contributed by atoms with Crippen molar-refractivity contribution >= 4 is 17.8 Å². The van der Waals surface area contributed by atoms with Gasteiger partial charge in [-0.15, -0.1) is 13.2 Å². The number of carbonyl (C=O) groups excluding carboxylic acids is 3. The van der Waals surface area contributed by atoms with Crippen molar-refractivity contribution in [3.63, 3.8) is 0 Å². The van der Waals surface area contributed by atoms with Crippen LogP contribution in [0.2, 0.25) is 0 Å². The van der Waals surface area contributed by atoms with Crippen LogP contribution in [-0.4, -0.2) is 53.6 Å². The third-order valence-corrected chi connectivity index (χ3v) is 7.44. The normalized spacial score (nSPS) is 16.9. The van der Waals surface area contributed by atoms with E-state index < -0.39 is 12.0 Å². The molecule has 0 aromatic heterocycles. The highest BCUT2D eigenvalue weighted by Crippen LogP contribution is 2.23. The Morgan fingerprint density at radius 2 is 1.73 bits per heavy atom.